The lowest BCUT2D eigenvalue weighted by Crippen LogP contribution is -2.28. The molecule has 0 amide bonds. The van der Waals surface area contributed by atoms with Crippen LogP contribution in [-0.4, -0.2) is 17.8 Å². The summed E-state index contributed by atoms with van der Waals surface area (Å²) in [7, 11) is 1.69. The molecule has 3 rings (SSSR count). The number of ether oxygens (including phenoxy) is 1. The molecule has 0 saturated heterocycles. The maximum absolute atomic E-state index is 5.37. The zero-order valence-electron chi connectivity index (χ0n) is 11.8. The fraction of sp³-hybridized carbons (Fsp3) is 0.438. The lowest BCUT2D eigenvalue weighted by atomic mass is 9.82. The third-order valence-electron chi connectivity index (χ3n) is 4.08. The Hall–Kier alpha value is -1.42. The SMILES string of the molecule is C=C1SC(Nc2ccccc2OC)=NC12CCCCC2. The van der Waals surface area contributed by atoms with E-state index in [9.17, 15) is 0 Å². The zero-order valence-corrected chi connectivity index (χ0v) is 12.6. The first-order valence-corrected chi connectivity index (χ1v) is 7.92. The average molecular weight is 288 g/mol. The maximum atomic E-state index is 5.37. The molecule has 1 N–H and O–H groups in total. The van der Waals surface area contributed by atoms with Crippen LogP contribution in [-0.2, 0) is 0 Å². The number of hydrogen-bond donors (Lipinski definition) is 1. The molecule has 0 aromatic heterocycles. The van der Waals surface area contributed by atoms with Crippen LogP contribution in [0.2, 0.25) is 0 Å². The summed E-state index contributed by atoms with van der Waals surface area (Å²) >= 11 is 1.67. The van der Waals surface area contributed by atoms with Crippen LogP contribution in [0.3, 0.4) is 0 Å². The fourth-order valence-corrected chi connectivity index (χ4v) is 3.99. The highest BCUT2D eigenvalue weighted by molar-refractivity contribution is 8.17. The van der Waals surface area contributed by atoms with Gasteiger partial charge in [0.2, 0.25) is 0 Å². The van der Waals surface area contributed by atoms with Gasteiger partial charge in [0.15, 0.2) is 5.17 Å². The van der Waals surface area contributed by atoms with E-state index < -0.39 is 0 Å². The highest BCUT2D eigenvalue weighted by Gasteiger charge is 2.40. The number of rotatable bonds is 2. The van der Waals surface area contributed by atoms with Crippen LogP contribution in [0.15, 0.2) is 40.7 Å². The minimum absolute atomic E-state index is 0.0206. The molecule has 0 radical (unpaired) electrons. The molecular weight excluding hydrogens is 268 g/mol. The van der Waals surface area contributed by atoms with E-state index in [0.29, 0.717) is 0 Å². The molecule has 20 heavy (non-hydrogen) atoms. The number of amidine groups is 1. The molecule has 1 fully saturated rings. The van der Waals surface area contributed by atoms with Gasteiger partial charge in [0.1, 0.15) is 5.75 Å². The highest BCUT2D eigenvalue weighted by Crippen LogP contribution is 2.47. The molecule has 4 heteroatoms. The molecule has 1 saturated carbocycles. The van der Waals surface area contributed by atoms with Crippen molar-refractivity contribution >= 4 is 22.6 Å². The first-order chi connectivity index (χ1) is 9.73. The van der Waals surface area contributed by atoms with Gasteiger partial charge in [-0.25, -0.2) is 4.99 Å². The van der Waals surface area contributed by atoms with Crippen LogP contribution in [0.1, 0.15) is 32.1 Å². The predicted molar refractivity (Wildman–Crippen MR) is 86.6 cm³/mol. The Bertz CT molecular complexity index is 547. The number of nitrogens with zero attached hydrogens (tertiary/aromatic N) is 1. The summed E-state index contributed by atoms with van der Waals surface area (Å²) in [6.07, 6.45) is 6.10. The minimum atomic E-state index is -0.0206. The van der Waals surface area contributed by atoms with Crippen molar-refractivity contribution in [2.75, 3.05) is 12.4 Å². The molecule has 0 unspecified atom stereocenters. The molecule has 1 aliphatic heterocycles. The number of nitrogens with one attached hydrogen (secondary N) is 1. The van der Waals surface area contributed by atoms with Crippen molar-refractivity contribution in [3.63, 3.8) is 0 Å². The third kappa shape index (κ3) is 2.44. The standard InChI is InChI=1S/C16H20N2OS/c1-12-16(10-6-3-7-11-16)18-15(20-12)17-13-8-4-5-9-14(13)19-2/h4-5,8-9H,1,3,6-7,10-11H2,2H3,(H,17,18). The molecule has 0 bridgehead atoms. The molecule has 1 aliphatic carbocycles. The summed E-state index contributed by atoms with van der Waals surface area (Å²) < 4.78 is 5.37. The van der Waals surface area contributed by atoms with Gasteiger partial charge in [-0.1, -0.05) is 49.7 Å². The summed E-state index contributed by atoms with van der Waals surface area (Å²) in [5.41, 5.74) is 0.940. The van der Waals surface area contributed by atoms with E-state index >= 15 is 0 Å². The Morgan fingerprint density at radius 2 is 2.00 bits per heavy atom. The van der Waals surface area contributed by atoms with Crippen molar-refractivity contribution < 1.29 is 4.74 Å². The van der Waals surface area contributed by atoms with Gasteiger partial charge in [-0.3, -0.25) is 0 Å². The first-order valence-electron chi connectivity index (χ1n) is 7.11. The van der Waals surface area contributed by atoms with Crippen LogP contribution >= 0.6 is 11.8 Å². The molecule has 1 heterocycles. The van der Waals surface area contributed by atoms with E-state index in [4.69, 9.17) is 9.73 Å². The summed E-state index contributed by atoms with van der Waals surface area (Å²) in [5.74, 6) is 0.839. The second-order valence-electron chi connectivity index (χ2n) is 5.36. The van der Waals surface area contributed by atoms with Crippen LogP contribution in [0.25, 0.3) is 0 Å². The van der Waals surface area contributed by atoms with Gasteiger partial charge >= 0.3 is 0 Å². The smallest absolute Gasteiger partial charge is 0.166 e. The zero-order chi connectivity index (χ0) is 14.0. The lowest BCUT2D eigenvalue weighted by Gasteiger charge is -2.30. The van der Waals surface area contributed by atoms with E-state index in [-0.39, 0.29) is 5.54 Å². The van der Waals surface area contributed by atoms with E-state index in [1.807, 2.05) is 24.3 Å². The monoisotopic (exact) mass is 288 g/mol. The summed E-state index contributed by atoms with van der Waals surface area (Å²) in [6, 6.07) is 7.93. The van der Waals surface area contributed by atoms with Crippen LogP contribution in [0, 0.1) is 0 Å². The van der Waals surface area contributed by atoms with Crippen molar-refractivity contribution in [1.29, 1.82) is 0 Å². The molecule has 1 aromatic carbocycles. The van der Waals surface area contributed by atoms with Gasteiger partial charge in [0.05, 0.1) is 18.3 Å². The van der Waals surface area contributed by atoms with Crippen molar-refractivity contribution in [2.45, 2.75) is 37.6 Å². The van der Waals surface area contributed by atoms with Crippen LogP contribution in [0.4, 0.5) is 5.69 Å². The molecule has 1 aromatic rings. The van der Waals surface area contributed by atoms with Crippen molar-refractivity contribution in [2.24, 2.45) is 4.99 Å². The number of benzene rings is 1. The Labute approximate surface area is 124 Å². The normalized spacial score (nSPS) is 20.9. The molecular formula is C16H20N2OS. The van der Waals surface area contributed by atoms with Crippen molar-refractivity contribution in [3.05, 3.63) is 35.7 Å². The Morgan fingerprint density at radius 1 is 1.25 bits per heavy atom. The summed E-state index contributed by atoms with van der Waals surface area (Å²) in [4.78, 5) is 6.13. The van der Waals surface area contributed by atoms with Gasteiger partial charge in [-0.05, 0) is 25.0 Å². The van der Waals surface area contributed by atoms with E-state index in [2.05, 4.69) is 11.9 Å². The maximum Gasteiger partial charge on any atom is 0.166 e. The van der Waals surface area contributed by atoms with Crippen LogP contribution in [0.5, 0.6) is 5.75 Å². The second-order valence-corrected chi connectivity index (χ2v) is 6.44. The van der Waals surface area contributed by atoms with E-state index in [0.717, 1.165) is 29.4 Å². The molecule has 1 spiro atoms. The van der Waals surface area contributed by atoms with E-state index in [1.165, 1.54) is 24.2 Å². The number of methoxy groups -OCH3 is 1. The molecule has 2 aliphatic rings. The lowest BCUT2D eigenvalue weighted by molar-refractivity contribution is 0.360. The van der Waals surface area contributed by atoms with E-state index in [1.54, 1.807) is 18.9 Å². The Balaban J connectivity index is 1.81. The summed E-state index contributed by atoms with van der Waals surface area (Å²) in [6.45, 7) is 4.24. The van der Waals surface area contributed by atoms with Gasteiger partial charge in [0, 0.05) is 4.91 Å². The molecule has 0 atom stereocenters. The van der Waals surface area contributed by atoms with Gasteiger partial charge < -0.3 is 10.1 Å². The topological polar surface area (TPSA) is 33.6 Å². The third-order valence-corrected chi connectivity index (χ3v) is 5.10. The van der Waals surface area contributed by atoms with Crippen molar-refractivity contribution in [1.82, 2.24) is 0 Å². The van der Waals surface area contributed by atoms with Gasteiger partial charge in [0.25, 0.3) is 0 Å². The number of aliphatic imine (C=N–C) groups is 1. The molecule has 106 valence electrons. The summed E-state index contributed by atoms with van der Waals surface area (Å²) in [5, 5.41) is 4.34. The Kier molecular flexibility index (Phi) is 3.74. The quantitative estimate of drug-likeness (QED) is 0.874. The molecule has 3 nitrogen and oxygen atoms in total. The Morgan fingerprint density at radius 3 is 2.75 bits per heavy atom. The predicted octanol–water partition coefficient (Wildman–Crippen LogP) is 4.43. The minimum Gasteiger partial charge on any atom is -0.495 e. The number of thioether (sulfide) groups is 1. The second kappa shape index (κ2) is 5.52. The highest BCUT2D eigenvalue weighted by atomic mass is 32.2. The average Bonchev–Trinajstić information content (AvgIpc) is 2.76. The largest absolute Gasteiger partial charge is 0.495 e. The van der Waals surface area contributed by atoms with Crippen LogP contribution < -0.4 is 10.1 Å². The van der Waals surface area contributed by atoms with Gasteiger partial charge in [-0.15, -0.1) is 0 Å². The fourth-order valence-electron chi connectivity index (χ4n) is 2.94. The number of hydrogen-bond acceptors (Lipinski definition) is 4. The van der Waals surface area contributed by atoms with Gasteiger partial charge in [-0.2, -0.15) is 0 Å². The van der Waals surface area contributed by atoms with Crippen molar-refractivity contribution in [3.8, 4) is 5.75 Å². The number of anilines is 1. The number of para-hydroxylation sites is 2. The first kappa shape index (κ1) is 13.6.